The van der Waals surface area contributed by atoms with Crippen molar-refractivity contribution in [3.05, 3.63) is 66.2 Å². The van der Waals surface area contributed by atoms with Crippen LogP contribution in [0.4, 0.5) is 17.1 Å². The number of nitrogens with one attached hydrogen (secondary N) is 2. The van der Waals surface area contributed by atoms with Crippen molar-refractivity contribution in [2.45, 2.75) is 32.6 Å². The number of unbranched alkanes of at least 4 members (excludes halogenated alkanes) is 3. The van der Waals surface area contributed by atoms with E-state index in [-0.39, 0.29) is 11.8 Å². The Kier molecular flexibility index (Phi) is 9.40. The van der Waals surface area contributed by atoms with Gasteiger partial charge in [0.2, 0.25) is 0 Å². The predicted octanol–water partition coefficient (Wildman–Crippen LogP) is 4.87. The number of carbonyl (C=O) groups is 2. The fraction of sp³-hybridized carbons (Fsp3) is 0.304. The minimum Gasteiger partial charge on any atom is -0.352 e. The predicted molar refractivity (Wildman–Crippen MR) is 120 cm³/mol. The van der Waals surface area contributed by atoms with E-state index in [0.717, 1.165) is 32.2 Å². The molecule has 0 atom stereocenters. The molecule has 7 nitrogen and oxygen atoms in total. The van der Waals surface area contributed by atoms with Gasteiger partial charge in [-0.05, 0) is 74.8 Å². The summed E-state index contributed by atoms with van der Waals surface area (Å²) < 4.78 is 0. The van der Waals surface area contributed by atoms with Crippen molar-refractivity contribution < 1.29 is 9.59 Å². The maximum Gasteiger partial charge on any atom is 0.251 e. The highest BCUT2D eigenvalue weighted by Crippen LogP contribution is 2.21. The van der Waals surface area contributed by atoms with Crippen molar-refractivity contribution in [3.8, 4) is 0 Å². The summed E-state index contributed by atoms with van der Waals surface area (Å²) in [6, 6.07) is 14.0. The molecule has 4 N–H and O–H groups in total. The van der Waals surface area contributed by atoms with Crippen LogP contribution in [0.1, 0.15) is 43.0 Å². The Morgan fingerprint density at radius 2 is 1.47 bits per heavy atom. The highest BCUT2D eigenvalue weighted by atomic mass is 16.2. The molecule has 0 aliphatic rings. The van der Waals surface area contributed by atoms with E-state index in [9.17, 15) is 9.59 Å². The van der Waals surface area contributed by atoms with Crippen LogP contribution in [-0.4, -0.2) is 24.9 Å². The summed E-state index contributed by atoms with van der Waals surface area (Å²) in [7, 11) is 0. The molecule has 0 radical (unpaired) electrons. The second-order valence-corrected chi connectivity index (χ2v) is 6.99. The normalized spacial score (nSPS) is 10.7. The average molecular weight is 408 g/mol. The zero-order chi connectivity index (χ0) is 21.8. The number of nitrogens with zero attached hydrogens (tertiary/aromatic N) is 2. The molecular weight excluding hydrogens is 378 g/mol. The minimum absolute atomic E-state index is 0.0929. The van der Waals surface area contributed by atoms with Crippen LogP contribution in [-0.2, 0) is 4.79 Å². The Bertz CT molecular complexity index is 873. The molecule has 0 saturated heterocycles. The Morgan fingerprint density at radius 3 is 2.03 bits per heavy atom. The average Bonchev–Trinajstić information content (AvgIpc) is 2.75. The van der Waals surface area contributed by atoms with Crippen molar-refractivity contribution in [2.75, 3.05) is 18.4 Å². The van der Waals surface area contributed by atoms with Gasteiger partial charge in [-0.3, -0.25) is 9.59 Å². The Hall–Kier alpha value is -3.32. The molecule has 0 saturated carbocycles. The second kappa shape index (κ2) is 12.3. The van der Waals surface area contributed by atoms with Crippen molar-refractivity contribution in [2.24, 2.45) is 16.0 Å². The third kappa shape index (κ3) is 7.97. The number of rotatable bonds is 11. The number of nitrogens with two attached hydrogens (primary N) is 1. The van der Waals surface area contributed by atoms with Crippen LogP contribution < -0.4 is 16.4 Å². The van der Waals surface area contributed by atoms with Crippen LogP contribution in [0.2, 0.25) is 0 Å². The van der Waals surface area contributed by atoms with Gasteiger partial charge in [-0.1, -0.05) is 19.4 Å². The lowest BCUT2D eigenvalue weighted by atomic mass is 10.1. The van der Waals surface area contributed by atoms with Crippen molar-refractivity contribution in [1.29, 1.82) is 0 Å². The molecule has 0 spiro atoms. The molecule has 0 fully saturated rings. The summed E-state index contributed by atoms with van der Waals surface area (Å²) in [4.78, 5) is 23.8. The second-order valence-electron chi connectivity index (χ2n) is 6.99. The van der Waals surface area contributed by atoms with Crippen LogP contribution in [0.15, 0.2) is 70.9 Å². The number of hydrogen-bond donors (Lipinski definition) is 3. The molecule has 0 aliphatic heterocycles. The lowest BCUT2D eigenvalue weighted by molar-refractivity contribution is -0.112. The zero-order valence-corrected chi connectivity index (χ0v) is 17.4. The van der Waals surface area contributed by atoms with Crippen LogP contribution in [0.3, 0.4) is 0 Å². The SMILES string of the molecule is C=C(C)C(=O)Nc1ccc(N=Nc2ccc(C(=O)NCCCCCCN)cc2)cc1. The van der Waals surface area contributed by atoms with E-state index in [4.69, 9.17) is 5.73 Å². The first-order chi connectivity index (χ1) is 14.5. The number of benzene rings is 2. The van der Waals surface area contributed by atoms with Crippen LogP contribution in [0.25, 0.3) is 0 Å². The molecule has 0 bridgehead atoms. The van der Waals surface area contributed by atoms with Gasteiger partial charge in [0.15, 0.2) is 0 Å². The van der Waals surface area contributed by atoms with Gasteiger partial charge in [0.05, 0.1) is 11.4 Å². The number of azo groups is 1. The van der Waals surface area contributed by atoms with Gasteiger partial charge in [-0.15, -0.1) is 0 Å². The molecule has 2 aromatic carbocycles. The number of amides is 2. The maximum atomic E-state index is 12.2. The molecule has 0 aliphatic carbocycles. The smallest absolute Gasteiger partial charge is 0.251 e. The molecule has 2 amide bonds. The fourth-order valence-corrected chi connectivity index (χ4v) is 2.57. The Morgan fingerprint density at radius 1 is 0.900 bits per heavy atom. The van der Waals surface area contributed by atoms with Crippen LogP contribution in [0, 0.1) is 0 Å². The summed E-state index contributed by atoms with van der Waals surface area (Å²) in [5, 5.41) is 14.0. The standard InChI is InChI=1S/C23H29N5O2/c1-17(2)22(29)26-19-11-13-21(14-12-19)28-27-20-9-7-18(8-10-20)23(30)25-16-6-4-3-5-15-24/h7-14H,1,3-6,15-16,24H2,2H3,(H,25,30)(H,26,29). The zero-order valence-electron chi connectivity index (χ0n) is 17.4. The molecule has 7 heteroatoms. The van der Waals surface area contributed by atoms with Crippen LogP contribution >= 0.6 is 0 Å². The summed E-state index contributed by atoms with van der Waals surface area (Å²) in [5.41, 5.74) is 8.46. The van der Waals surface area contributed by atoms with Gasteiger partial charge < -0.3 is 16.4 Å². The topological polar surface area (TPSA) is 109 Å². The first-order valence-electron chi connectivity index (χ1n) is 10.1. The highest BCUT2D eigenvalue weighted by Gasteiger charge is 2.05. The Labute approximate surface area is 177 Å². The third-order valence-electron chi connectivity index (χ3n) is 4.34. The van der Waals surface area contributed by atoms with Gasteiger partial charge in [0, 0.05) is 23.4 Å². The molecule has 2 aromatic rings. The quantitative estimate of drug-likeness (QED) is 0.281. The lowest BCUT2D eigenvalue weighted by Crippen LogP contribution is -2.24. The summed E-state index contributed by atoms with van der Waals surface area (Å²) in [6.45, 7) is 6.63. The van der Waals surface area contributed by atoms with Crippen molar-refractivity contribution in [3.63, 3.8) is 0 Å². The van der Waals surface area contributed by atoms with Gasteiger partial charge >= 0.3 is 0 Å². The summed E-state index contributed by atoms with van der Waals surface area (Å²) >= 11 is 0. The molecular formula is C23H29N5O2. The van der Waals surface area contributed by atoms with E-state index < -0.39 is 0 Å². The number of carbonyl (C=O) groups excluding carboxylic acids is 2. The van der Waals surface area contributed by atoms with Crippen LogP contribution in [0.5, 0.6) is 0 Å². The summed E-state index contributed by atoms with van der Waals surface area (Å²) in [5.74, 6) is -0.315. The van der Waals surface area contributed by atoms with Gasteiger partial charge in [0.1, 0.15) is 0 Å². The monoisotopic (exact) mass is 407 g/mol. The molecule has 2 rings (SSSR count). The first-order valence-corrected chi connectivity index (χ1v) is 10.1. The summed E-state index contributed by atoms with van der Waals surface area (Å²) in [6.07, 6.45) is 4.14. The number of anilines is 1. The van der Waals surface area contributed by atoms with E-state index in [0.29, 0.717) is 34.7 Å². The fourth-order valence-electron chi connectivity index (χ4n) is 2.57. The largest absolute Gasteiger partial charge is 0.352 e. The molecule has 0 aromatic heterocycles. The first kappa shape index (κ1) is 23.0. The van der Waals surface area contributed by atoms with Gasteiger partial charge in [0.25, 0.3) is 11.8 Å². The molecule has 0 heterocycles. The number of hydrogen-bond acceptors (Lipinski definition) is 5. The molecule has 30 heavy (non-hydrogen) atoms. The van der Waals surface area contributed by atoms with E-state index in [1.807, 2.05) is 0 Å². The van der Waals surface area contributed by atoms with Crippen molar-refractivity contribution >= 4 is 28.9 Å². The maximum absolute atomic E-state index is 12.2. The lowest BCUT2D eigenvalue weighted by Gasteiger charge is -2.05. The van der Waals surface area contributed by atoms with E-state index in [2.05, 4.69) is 27.4 Å². The molecule has 158 valence electrons. The van der Waals surface area contributed by atoms with E-state index in [1.54, 1.807) is 55.5 Å². The van der Waals surface area contributed by atoms with E-state index in [1.165, 1.54) is 0 Å². The molecule has 0 unspecified atom stereocenters. The third-order valence-corrected chi connectivity index (χ3v) is 4.34. The Balaban J connectivity index is 1.83. The highest BCUT2D eigenvalue weighted by molar-refractivity contribution is 6.02. The van der Waals surface area contributed by atoms with Gasteiger partial charge in [-0.25, -0.2) is 0 Å². The van der Waals surface area contributed by atoms with E-state index >= 15 is 0 Å². The minimum atomic E-state index is -0.222. The van der Waals surface area contributed by atoms with Gasteiger partial charge in [-0.2, -0.15) is 10.2 Å². The van der Waals surface area contributed by atoms with Crippen molar-refractivity contribution in [1.82, 2.24) is 5.32 Å².